The number of hydrogen-bond acceptors (Lipinski definition) is 6. The Morgan fingerprint density at radius 2 is 2.14 bits per heavy atom. The first-order chi connectivity index (χ1) is 10.7. The summed E-state index contributed by atoms with van der Waals surface area (Å²) in [4.78, 5) is 25.3. The maximum absolute atomic E-state index is 12.5. The predicted octanol–water partition coefficient (Wildman–Crippen LogP) is 0.769. The smallest absolute Gasteiger partial charge is 0.253 e. The zero-order valence-electron chi connectivity index (χ0n) is 12.8. The van der Waals surface area contributed by atoms with Gasteiger partial charge in [-0.2, -0.15) is 4.98 Å². The highest BCUT2D eigenvalue weighted by atomic mass is 32.2. The van der Waals surface area contributed by atoms with Crippen LogP contribution in [-0.4, -0.2) is 73.3 Å². The molecule has 1 aliphatic rings. The average molecular weight is 320 g/mol. The van der Waals surface area contributed by atoms with Crippen molar-refractivity contribution in [3.63, 3.8) is 0 Å². The lowest BCUT2D eigenvalue weighted by molar-refractivity contribution is -0.132. The second kappa shape index (κ2) is 6.62. The molecule has 2 aromatic rings. The van der Waals surface area contributed by atoms with Gasteiger partial charge >= 0.3 is 0 Å². The molecule has 0 bridgehead atoms. The van der Waals surface area contributed by atoms with Gasteiger partial charge in [0, 0.05) is 38.6 Å². The minimum atomic E-state index is -0.189. The highest BCUT2D eigenvalue weighted by Gasteiger charge is 2.26. The molecule has 0 aromatic carbocycles. The molecule has 3 rings (SSSR count). The van der Waals surface area contributed by atoms with E-state index in [1.54, 1.807) is 23.0 Å². The summed E-state index contributed by atoms with van der Waals surface area (Å²) in [6.07, 6.45) is 3.48. The molecule has 0 N–H and O–H groups in total. The van der Waals surface area contributed by atoms with E-state index < -0.39 is 0 Å². The summed E-state index contributed by atoms with van der Waals surface area (Å²) >= 11 is 1.39. The Hall–Kier alpha value is -1.67. The fourth-order valence-electron chi connectivity index (χ4n) is 2.51. The van der Waals surface area contributed by atoms with Gasteiger partial charge in [-0.1, -0.05) is 18.7 Å². The molecule has 8 heteroatoms. The number of likely N-dealkylation sites (N-methyl/N-ethyl adjacent to an activating group) is 1. The van der Waals surface area contributed by atoms with Gasteiger partial charge in [0.05, 0.1) is 5.25 Å². The van der Waals surface area contributed by atoms with Crippen LogP contribution in [0.2, 0.25) is 0 Å². The van der Waals surface area contributed by atoms with Gasteiger partial charge in [0.15, 0.2) is 0 Å². The zero-order chi connectivity index (χ0) is 15.5. The van der Waals surface area contributed by atoms with Crippen LogP contribution in [-0.2, 0) is 4.79 Å². The number of nitrogens with zero attached hydrogens (tertiary/aromatic N) is 6. The number of thioether (sulfide) groups is 1. The van der Waals surface area contributed by atoms with Gasteiger partial charge in [-0.3, -0.25) is 4.79 Å². The van der Waals surface area contributed by atoms with Gasteiger partial charge in [0.2, 0.25) is 11.1 Å². The summed E-state index contributed by atoms with van der Waals surface area (Å²) in [5.41, 5.74) is 0. The monoisotopic (exact) mass is 320 g/mol. The average Bonchev–Trinajstić information content (AvgIpc) is 2.96. The number of carbonyl (C=O) groups is 1. The first-order valence-corrected chi connectivity index (χ1v) is 8.40. The highest BCUT2D eigenvalue weighted by molar-refractivity contribution is 8.00. The van der Waals surface area contributed by atoms with E-state index in [2.05, 4.69) is 26.9 Å². The lowest BCUT2D eigenvalue weighted by Gasteiger charge is -2.35. The molecule has 1 saturated heterocycles. The first kappa shape index (κ1) is 15.2. The third-order valence-corrected chi connectivity index (χ3v) is 4.80. The van der Waals surface area contributed by atoms with Crippen molar-refractivity contribution < 1.29 is 4.79 Å². The quantitative estimate of drug-likeness (QED) is 0.775. The van der Waals surface area contributed by atoms with Crippen molar-refractivity contribution in [1.82, 2.24) is 29.4 Å². The maximum Gasteiger partial charge on any atom is 0.253 e. The van der Waals surface area contributed by atoms with E-state index >= 15 is 0 Å². The fraction of sp³-hybridized carbons (Fsp3) is 0.571. The Morgan fingerprint density at radius 3 is 2.82 bits per heavy atom. The number of fused-ring (bicyclic) bond motifs is 1. The van der Waals surface area contributed by atoms with Crippen LogP contribution in [0, 0.1) is 0 Å². The third kappa shape index (κ3) is 3.22. The van der Waals surface area contributed by atoms with Crippen LogP contribution >= 0.6 is 11.8 Å². The minimum Gasteiger partial charge on any atom is -0.339 e. The molecule has 2 aromatic heterocycles. The molecule has 0 saturated carbocycles. The molecule has 1 amide bonds. The largest absolute Gasteiger partial charge is 0.339 e. The maximum atomic E-state index is 12.5. The van der Waals surface area contributed by atoms with Crippen LogP contribution in [0.1, 0.15) is 13.8 Å². The van der Waals surface area contributed by atoms with E-state index in [1.807, 2.05) is 11.8 Å². The lowest BCUT2D eigenvalue weighted by atomic mass is 10.3. The summed E-state index contributed by atoms with van der Waals surface area (Å²) < 4.78 is 1.62. The minimum absolute atomic E-state index is 0.160. The molecule has 0 aliphatic carbocycles. The molecule has 1 aliphatic heterocycles. The number of aromatic nitrogens is 4. The van der Waals surface area contributed by atoms with Crippen molar-refractivity contribution in [3.05, 3.63) is 18.5 Å². The van der Waals surface area contributed by atoms with Crippen LogP contribution in [0.4, 0.5) is 0 Å². The number of hydrogen-bond donors (Lipinski definition) is 0. The summed E-state index contributed by atoms with van der Waals surface area (Å²) in [5.74, 6) is 0.716. The van der Waals surface area contributed by atoms with E-state index in [4.69, 9.17) is 0 Å². The van der Waals surface area contributed by atoms with E-state index in [9.17, 15) is 4.79 Å². The molecular weight excluding hydrogens is 300 g/mol. The molecule has 1 unspecified atom stereocenters. The highest BCUT2D eigenvalue weighted by Crippen LogP contribution is 2.22. The molecule has 3 heterocycles. The summed E-state index contributed by atoms with van der Waals surface area (Å²) in [6.45, 7) is 8.63. The van der Waals surface area contributed by atoms with E-state index in [-0.39, 0.29) is 11.2 Å². The Kier molecular flexibility index (Phi) is 4.58. The summed E-state index contributed by atoms with van der Waals surface area (Å²) in [6, 6.07) is 1.80. The standard InChI is InChI=1S/C14H20N6OS/c1-3-18-7-9-19(10-8-18)12(21)11(2)22-14-16-13-15-5-4-6-20(13)17-14/h4-6,11H,3,7-10H2,1-2H3. The van der Waals surface area contributed by atoms with Crippen LogP contribution in [0.15, 0.2) is 23.6 Å². The van der Waals surface area contributed by atoms with Gasteiger partial charge in [0.25, 0.3) is 5.78 Å². The molecule has 22 heavy (non-hydrogen) atoms. The van der Waals surface area contributed by atoms with Crippen molar-refractivity contribution in [2.75, 3.05) is 32.7 Å². The third-order valence-electron chi connectivity index (χ3n) is 3.86. The Balaban J connectivity index is 1.61. The van der Waals surface area contributed by atoms with Gasteiger partial charge < -0.3 is 9.80 Å². The molecule has 118 valence electrons. The first-order valence-electron chi connectivity index (χ1n) is 7.52. The predicted molar refractivity (Wildman–Crippen MR) is 84.8 cm³/mol. The van der Waals surface area contributed by atoms with Crippen LogP contribution in [0.25, 0.3) is 5.78 Å². The summed E-state index contributed by atoms with van der Waals surface area (Å²) in [7, 11) is 0. The number of piperazine rings is 1. The number of carbonyl (C=O) groups excluding carboxylic acids is 1. The zero-order valence-corrected chi connectivity index (χ0v) is 13.7. The van der Waals surface area contributed by atoms with Crippen molar-refractivity contribution in [2.24, 2.45) is 0 Å². The Morgan fingerprint density at radius 1 is 1.36 bits per heavy atom. The number of amides is 1. The van der Waals surface area contributed by atoms with Crippen molar-refractivity contribution in [3.8, 4) is 0 Å². The lowest BCUT2D eigenvalue weighted by Crippen LogP contribution is -2.50. The van der Waals surface area contributed by atoms with E-state index in [0.717, 1.165) is 32.7 Å². The molecule has 1 fully saturated rings. The SMILES string of the molecule is CCN1CCN(C(=O)C(C)Sc2nc3ncccn3n2)CC1. The molecule has 1 atom stereocenters. The van der Waals surface area contributed by atoms with Gasteiger partial charge in [0.1, 0.15) is 0 Å². The Labute approximate surface area is 133 Å². The second-order valence-electron chi connectivity index (χ2n) is 5.28. The topological polar surface area (TPSA) is 66.6 Å². The van der Waals surface area contributed by atoms with E-state index in [0.29, 0.717) is 10.9 Å². The van der Waals surface area contributed by atoms with Crippen molar-refractivity contribution in [1.29, 1.82) is 0 Å². The molecular formula is C14H20N6OS. The summed E-state index contributed by atoms with van der Waals surface area (Å²) in [5, 5.41) is 4.73. The molecule has 0 spiro atoms. The van der Waals surface area contributed by atoms with Gasteiger partial charge in [-0.05, 0) is 19.5 Å². The Bertz CT molecular complexity index is 619. The van der Waals surface area contributed by atoms with Gasteiger partial charge in [-0.25, -0.2) is 9.50 Å². The second-order valence-corrected chi connectivity index (χ2v) is 6.59. The van der Waals surface area contributed by atoms with E-state index in [1.165, 1.54) is 11.8 Å². The van der Waals surface area contributed by atoms with Crippen molar-refractivity contribution >= 4 is 23.4 Å². The normalized spacial score (nSPS) is 17.8. The van der Waals surface area contributed by atoms with Crippen LogP contribution in [0.3, 0.4) is 0 Å². The van der Waals surface area contributed by atoms with Crippen molar-refractivity contribution in [2.45, 2.75) is 24.3 Å². The van der Waals surface area contributed by atoms with Gasteiger partial charge in [-0.15, -0.1) is 5.10 Å². The fourth-order valence-corrected chi connectivity index (χ4v) is 3.35. The van der Waals surface area contributed by atoms with Crippen LogP contribution < -0.4 is 0 Å². The molecule has 0 radical (unpaired) electrons. The number of rotatable bonds is 4. The van der Waals surface area contributed by atoms with Crippen LogP contribution in [0.5, 0.6) is 0 Å². The molecule has 7 nitrogen and oxygen atoms in total.